The number of hydrogen-bond donors (Lipinski definition) is 0. The van der Waals surface area contributed by atoms with E-state index in [-0.39, 0.29) is 17.6 Å². The van der Waals surface area contributed by atoms with Crippen molar-refractivity contribution in [3.05, 3.63) is 33.8 Å². The number of Topliss-reactive ketones (excluding diaryl/α,β-unsaturated/α-hetero) is 1. The standard InChI is InChI=1S/C14H16Cl2O2/c1-9-8-18-6-5-10(9)14(17)7-11-12(15)3-2-4-13(11)16/h2-4,9-10H,5-8H2,1H3. The normalized spacial score (nSPS) is 23.9. The highest BCUT2D eigenvalue weighted by Gasteiger charge is 2.28. The number of carbonyl (C=O) groups excluding carboxylic acids is 1. The molecule has 0 amide bonds. The predicted molar refractivity (Wildman–Crippen MR) is 73.3 cm³/mol. The average molecular weight is 287 g/mol. The van der Waals surface area contributed by atoms with Crippen molar-refractivity contribution in [2.45, 2.75) is 19.8 Å². The summed E-state index contributed by atoms with van der Waals surface area (Å²) >= 11 is 12.2. The van der Waals surface area contributed by atoms with Gasteiger partial charge in [-0.15, -0.1) is 0 Å². The number of hydrogen-bond acceptors (Lipinski definition) is 2. The van der Waals surface area contributed by atoms with Gasteiger partial charge in [-0.3, -0.25) is 4.79 Å². The van der Waals surface area contributed by atoms with Crippen molar-refractivity contribution < 1.29 is 9.53 Å². The van der Waals surface area contributed by atoms with Crippen molar-refractivity contribution in [1.82, 2.24) is 0 Å². The summed E-state index contributed by atoms with van der Waals surface area (Å²) in [6, 6.07) is 5.32. The highest BCUT2D eigenvalue weighted by molar-refractivity contribution is 6.36. The number of ether oxygens (including phenoxy) is 1. The summed E-state index contributed by atoms with van der Waals surface area (Å²) < 4.78 is 5.36. The molecule has 1 aromatic carbocycles. The largest absolute Gasteiger partial charge is 0.381 e. The second-order valence-corrected chi connectivity index (χ2v) is 5.61. The Morgan fingerprint density at radius 2 is 2.06 bits per heavy atom. The van der Waals surface area contributed by atoms with Crippen LogP contribution < -0.4 is 0 Å². The zero-order valence-electron chi connectivity index (χ0n) is 10.3. The molecule has 0 N–H and O–H groups in total. The van der Waals surface area contributed by atoms with E-state index in [1.165, 1.54) is 0 Å². The van der Waals surface area contributed by atoms with Crippen LogP contribution in [0.15, 0.2) is 18.2 Å². The number of halogens is 2. The van der Waals surface area contributed by atoms with Crippen LogP contribution in [0, 0.1) is 11.8 Å². The molecule has 2 atom stereocenters. The Morgan fingerprint density at radius 1 is 1.39 bits per heavy atom. The molecule has 1 heterocycles. The van der Waals surface area contributed by atoms with Gasteiger partial charge in [0.05, 0.1) is 0 Å². The van der Waals surface area contributed by atoms with Gasteiger partial charge in [0.2, 0.25) is 0 Å². The van der Waals surface area contributed by atoms with E-state index in [4.69, 9.17) is 27.9 Å². The van der Waals surface area contributed by atoms with Crippen molar-refractivity contribution in [2.24, 2.45) is 11.8 Å². The summed E-state index contributed by atoms with van der Waals surface area (Å²) in [5, 5.41) is 1.13. The molecule has 1 aliphatic rings. The molecule has 2 rings (SSSR count). The molecule has 0 bridgehead atoms. The Bertz CT molecular complexity index is 425. The smallest absolute Gasteiger partial charge is 0.140 e. The minimum Gasteiger partial charge on any atom is -0.381 e. The van der Waals surface area contributed by atoms with Crippen molar-refractivity contribution >= 4 is 29.0 Å². The average Bonchev–Trinajstić information content (AvgIpc) is 2.34. The Balaban J connectivity index is 2.11. The van der Waals surface area contributed by atoms with Gasteiger partial charge in [-0.2, -0.15) is 0 Å². The molecule has 18 heavy (non-hydrogen) atoms. The van der Waals surface area contributed by atoms with Crippen molar-refractivity contribution in [1.29, 1.82) is 0 Å². The van der Waals surface area contributed by atoms with E-state index in [1.54, 1.807) is 18.2 Å². The zero-order valence-corrected chi connectivity index (χ0v) is 11.8. The molecule has 0 aliphatic carbocycles. The number of ketones is 1. The van der Waals surface area contributed by atoms with Crippen molar-refractivity contribution in [3.63, 3.8) is 0 Å². The Hall–Kier alpha value is -0.570. The number of benzene rings is 1. The molecule has 0 saturated carbocycles. The van der Waals surface area contributed by atoms with Crippen LogP contribution in [0.2, 0.25) is 10.0 Å². The summed E-state index contributed by atoms with van der Waals surface area (Å²) in [5.41, 5.74) is 0.740. The van der Waals surface area contributed by atoms with E-state index in [9.17, 15) is 4.79 Å². The van der Waals surface area contributed by atoms with Crippen LogP contribution >= 0.6 is 23.2 Å². The molecular weight excluding hydrogens is 271 g/mol. The first-order valence-electron chi connectivity index (χ1n) is 6.13. The van der Waals surface area contributed by atoms with Gasteiger partial charge in [-0.05, 0) is 30.0 Å². The van der Waals surface area contributed by atoms with Crippen LogP contribution in [-0.4, -0.2) is 19.0 Å². The molecular formula is C14H16Cl2O2. The fourth-order valence-corrected chi connectivity index (χ4v) is 2.90. The van der Waals surface area contributed by atoms with E-state index in [1.807, 2.05) is 0 Å². The number of carbonyl (C=O) groups is 1. The van der Waals surface area contributed by atoms with Crippen LogP contribution in [0.3, 0.4) is 0 Å². The molecule has 1 saturated heterocycles. The zero-order chi connectivity index (χ0) is 13.1. The lowest BCUT2D eigenvalue weighted by Gasteiger charge is -2.27. The third-order valence-corrected chi connectivity index (χ3v) is 4.18. The highest BCUT2D eigenvalue weighted by atomic mass is 35.5. The van der Waals surface area contributed by atoms with Gasteiger partial charge in [0, 0.05) is 35.6 Å². The predicted octanol–water partition coefficient (Wildman–Crippen LogP) is 3.78. The van der Waals surface area contributed by atoms with Crippen molar-refractivity contribution in [3.8, 4) is 0 Å². The summed E-state index contributed by atoms with van der Waals surface area (Å²) in [5.74, 6) is 0.541. The summed E-state index contributed by atoms with van der Waals surface area (Å²) in [6.45, 7) is 3.37. The van der Waals surface area contributed by atoms with Crippen molar-refractivity contribution in [2.75, 3.05) is 13.2 Å². The maximum Gasteiger partial charge on any atom is 0.140 e. The quantitative estimate of drug-likeness (QED) is 0.845. The summed E-state index contributed by atoms with van der Waals surface area (Å²) in [7, 11) is 0. The Morgan fingerprint density at radius 3 is 2.67 bits per heavy atom. The molecule has 4 heteroatoms. The summed E-state index contributed by atoms with van der Waals surface area (Å²) in [4.78, 5) is 12.3. The van der Waals surface area contributed by atoms with Gasteiger partial charge in [-0.1, -0.05) is 36.2 Å². The third-order valence-electron chi connectivity index (χ3n) is 3.47. The monoisotopic (exact) mass is 286 g/mol. The lowest BCUT2D eigenvalue weighted by atomic mass is 9.84. The first kappa shape index (κ1) is 13.9. The van der Waals surface area contributed by atoms with E-state index in [2.05, 4.69) is 6.92 Å². The van der Waals surface area contributed by atoms with E-state index in [0.29, 0.717) is 29.7 Å². The SMILES string of the molecule is CC1COCCC1C(=O)Cc1c(Cl)cccc1Cl. The Kier molecular flexibility index (Phi) is 4.66. The van der Waals surface area contributed by atoms with Crippen LogP contribution in [0.1, 0.15) is 18.9 Å². The van der Waals surface area contributed by atoms with E-state index < -0.39 is 0 Å². The van der Waals surface area contributed by atoms with Gasteiger partial charge >= 0.3 is 0 Å². The first-order valence-corrected chi connectivity index (χ1v) is 6.88. The molecule has 2 unspecified atom stereocenters. The maximum atomic E-state index is 12.3. The minimum absolute atomic E-state index is 0.0612. The second kappa shape index (κ2) is 6.05. The molecule has 1 aromatic rings. The van der Waals surface area contributed by atoms with Crippen LogP contribution in [-0.2, 0) is 16.0 Å². The molecule has 1 fully saturated rings. The molecule has 0 aromatic heterocycles. The fourth-order valence-electron chi connectivity index (χ4n) is 2.37. The van der Waals surface area contributed by atoms with Crippen LogP contribution in [0.4, 0.5) is 0 Å². The molecule has 1 aliphatic heterocycles. The van der Waals surface area contributed by atoms with E-state index in [0.717, 1.165) is 12.0 Å². The third kappa shape index (κ3) is 3.05. The summed E-state index contributed by atoms with van der Waals surface area (Å²) in [6.07, 6.45) is 1.11. The fraction of sp³-hybridized carbons (Fsp3) is 0.500. The number of rotatable bonds is 3. The lowest BCUT2D eigenvalue weighted by molar-refractivity contribution is -0.127. The van der Waals surface area contributed by atoms with E-state index >= 15 is 0 Å². The molecule has 0 spiro atoms. The molecule has 0 radical (unpaired) electrons. The van der Waals surface area contributed by atoms with Crippen LogP contribution in [0.25, 0.3) is 0 Å². The lowest BCUT2D eigenvalue weighted by Crippen LogP contribution is -2.32. The topological polar surface area (TPSA) is 26.3 Å². The van der Waals surface area contributed by atoms with Gasteiger partial charge in [-0.25, -0.2) is 0 Å². The first-order chi connectivity index (χ1) is 8.59. The second-order valence-electron chi connectivity index (χ2n) is 4.79. The van der Waals surface area contributed by atoms with Gasteiger partial charge in [0.15, 0.2) is 0 Å². The van der Waals surface area contributed by atoms with Crippen LogP contribution in [0.5, 0.6) is 0 Å². The maximum absolute atomic E-state index is 12.3. The van der Waals surface area contributed by atoms with Gasteiger partial charge in [0.25, 0.3) is 0 Å². The van der Waals surface area contributed by atoms with Gasteiger partial charge < -0.3 is 4.74 Å². The minimum atomic E-state index is 0.0612. The van der Waals surface area contributed by atoms with Gasteiger partial charge in [0.1, 0.15) is 5.78 Å². The Labute approximate surface area is 117 Å². The molecule has 2 nitrogen and oxygen atoms in total. The molecule has 98 valence electrons. The highest BCUT2D eigenvalue weighted by Crippen LogP contribution is 2.29.